The topological polar surface area (TPSA) is 76.1 Å². The van der Waals surface area contributed by atoms with Gasteiger partial charge in [-0.15, -0.1) is 10.2 Å². The second-order valence-corrected chi connectivity index (χ2v) is 5.93. The van der Waals surface area contributed by atoms with Crippen molar-refractivity contribution in [1.82, 2.24) is 10.2 Å². The highest BCUT2D eigenvalue weighted by molar-refractivity contribution is 6.31. The van der Waals surface area contributed by atoms with Crippen molar-refractivity contribution in [2.75, 3.05) is 17.7 Å². The first-order chi connectivity index (χ1) is 12.6. The van der Waals surface area contributed by atoms with Gasteiger partial charge in [-0.25, -0.2) is 0 Å². The lowest BCUT2D eigenvalue weighted by molar-refractivity contribution is 0.102. The summed E-state index contributed by atoms with van der Waals surface area (Å²) in [5.41, 5.74) is 2.57. The van der Waals surface area contributed by atoms with E-state index in [0.29, 0.717) is 22.3 Å². The fraction of sp³-hybridized carbons (Fsp3) is 0.105. The monoisotopic (exact) mass is 368 g/mol. The molecule has 1 amide bonds. The van der Waals surface area contributed by atoms with Crippen molar-refractivity contribution in [1.29, 1.82) is 0 Å². The second-order valence-electron chi connectivity index (χ2n) is 5.53. The van der Waals surface area contributed by atoms with Gasteiger partial charge in [0.05, 0.1) is 7.11 Å². The van der Waals surface area contributed by atoms with Crippen molar-refractivity contribution in [3.63, 3.8) is 0 Å². The molecule has 3 aromatic rings. The van der Waals surface area contributed by atoms with Gasteiger partial charge >= 0.3 is 0 Å². The molecule has 0 saturated carbocycles. The molecule has 6 nitrogen and oxygen atoms in total. The number of amides is 1. The molecule has 7 heteroatoms. The molecule has 26 heavy (non-hydrogen) atoms. The summed E-state index contributed by atoms with van der Waals surface area (Å²) in [5, 5.41) is 14.6. The summed E-state index contributed by atoms with van der Waals surface area (Å²) < 4.78 is 5.14. The van der Waals surface area contributed by atoms with E-state index >= 15 is 0 Å². The quantitative estimate of drug-likeness (QED) is 0.696. The van der Waals surface area contributed by atoms with Crippen LogP contribution in [0.3, 0.4) is 0 Å². The van der Waals surface area contributed by atoms with E-state index in [-0.39, 0.29) is 11.6 Å². The van der Waals surface area contributed by atoms with E-state index in [2.05, 4.69) is 20.8 Å². The molecule has 0 atom stereocenters. The van der Waals surface area contributed by atoms with E-state index < -0.39 is 0 Å². The average Bonchev–Trinajstić information content (AvgIpc) is 2.66. The Morgan fingerprint density at radius 3 is 2.62 bits per heavy atom. The van der Waals surface area contributed by atoms with E-state index in [1.54, 1.807) is 43.5 Å². The number of nitrogens with one attached hydrogen (secondary N) is 2. The first kappa shape index (κ1) is 17.7. The van der Waals surface area contributed by atoms with Crippen molar-refractivity contribution in [2.45, 2.75) is 6.92 Å². The maximum atomic E-state index is 12.3. The average molecular weight is 369 g/mol. The van der Waals surface area contributed by atoms with Crippen LogP contribution in [0.2, 0.25) is 5.02 Å². The normalized spacial score (nSPS) is 10.3. The molecule has 0 unspecified atom stereocenters. The smallest absolute Gasteiger partial charge is 0.276 e. The fourth-order valence-corrected chi connectivity index (χ4v) is 2.47. The van der Waals surface area contributed by atoms with Crippen molar-refractivity contribution in [3.8, 4) is 5.75 Å². The number of rotatable bonds is 5. The predicted molar refractivity (Wildman–Crippen MR) is 102 cm³/mol. The molecule has 0 aliphatic rings. The number of aromatic nitrogens is 2. The molecular weight excluding hydrogens is 352 g/mol. The van der Waals surface area contributed by atoms with Crippen molar-refractivity contribution < 1.29 is 9.53 Å². The van der Waals surface area contributed by atoms with Crippen LogP contribution in [-0.2, 0) is 0 Å². The van der Waals surface area contributed by atoms with Crippen LogP contribution < -0.4 is 15.4 Å². The molecule has 2 N–H and O–H groups in total. The van der Waals surface area contributed by atoms with Crippen LogP contribution in [0.25, 0.3) is 0 Å². The van der Waals surface area contributed by atoms with Crippen LogP contribution in [0.15, 0.2) is 54.6 Å². The highest BCUT2D eigenvalue weighted by Gasteiger charge is 2.10. The number of methoxy groups -OCH3 is 1. The third kappa shape index (κ3) is 4.10. The van der Waals surface area contributed by atoms with Crippen molar-refractivity contribution in [3.05, 3.63) is 70.9 Å². The number of hydrogen-bond acceptors (Lipinski definition) is 5. The van der Waals surface area contributed by atoms with Gasteiger partial charge in [0.1, 0.15) is 5.75 Å². The van der Waals surface area contributed by atoms with Crippen LogP contribution in [0.5, 0.6) is 5.75 Å². The standard InChI is InChI=1S/C19H17ClN4O2/c1-12-15(20)7-4-8-16(12)22-18-10-9-17(23-24-18)19(25)21-13-5-3-6-14(11-13)26-2/h3-11H,1-2H3,(H,21,25)(H,22,24). The number of benzene rings is 2. The number of carbonyl (C=O) groups is 1. The highest BCUT2D eigenvalue weighted by Crippen LogP contribution is 2.25. The fourth-order valence-electron chi connectivity index (χ4n) is 2.30. The lowest BCUT2D eigenvalue weighted by Crippen LogP contribution is -2.14. The minimum Gasteiger partial charge on any atom is -0.497 e. The molecule has 0 aliphatic heterocycles. The third-order valence-electron chi connectivity index (χ3n) is 3.76. The van der Waals surface area contributed by atoms with E-state index in [9.17, 15) is 4.79 Å². The Bertz CT molecular complexity index is 929. The van der Waals surface area contributed by atoms with Gasteiger partial charge in [0.15, 0.2) is 11.5 Å². The van der Waals surface area contributed by atoms with Crippen LogP contribution in [-0.4, -0.2) is 23.2 Å². The van der Waals surface area contributed by atoms with Gasteiger partial charge in [-0.05, 0) is 48.9 Å². The Hall–Kier alpha value is -3.12. The van der Waals surface area contributed by atoms with Crippen LogP contribution in [0.1, 0.15) is 16.1 Å². The molecular formula is C19H17ClN4O2. The van der Waals surface area contributed by atoms with E-state index in [1.807, 2.05) is 25.1 Å². The van der Waals surface area contributed by atoms with Crippen molar-refractivity contribution in [2.24, 2.45) is 0 Å². The molecule has 3 rings (SSSR count). The zero-order chi connectivity index (χ0) is 18.5. The van der Waals surface area contributed by atoms with Crippen LogP contribution in [0.4, 0.5) is 17.2 Å². The van der Waals surface area contributed by atoms with Crippen LogP contribution >= 0.6 is 11.6 Å². The Labute approximate surface area is 156 Å². The summed E-state index contributed by atoms with van der Waals surface area (Å²) in [6.45, 7) is 1.91. The van der Waals surface area contributed by atoms with Gasteiger partial charge in [-0.3, -0.25) is 4.79 Å². The van der Waals surface area contributed by atoms with E-state index in [0.717, 1.165) is 11.3 Å². The number of hydrogen-bond donors (Lipinski definition) is 2. The number of ether oxygens (including phenoxy) is 1. The summed E-state index contributed by atoms with van der Waals surface area (Å²) in [6.07, 6.45) is 0. The minimum atomic E-state index is -0.351. The molecule has 1 aromatic heterocycles. The molecule has 0 bridgehead atoms. The van der Waals surface area contributed by atoms with Gasteiger partial charge in [-0.2, -0.15) is 0 Å². The molecule has 0 saturated heterocycles. The summed E-state index contributed by atoms with van der Waals surface area (Å²) in [6, 6.07) is 15.9. The second kappa shape index (κ2) is 7.84. The molecule has 2 aromatic carbocycles. The maximum Gasteiger partial charge on any atom is 0.276 e. The Morgan fingerprint density at radius 2 is 1.88 bits per heavy atom. The first-order valence-electron chi connectivity index (χ1n) is 7.88. The van der Waals surface area contributed by atoms with Gasteiger partial charge < -0.3 is 15.4 Å². The van der Waals surface area contributed by atoms with Gasteiger partial charge in [0.25, 0.3) is 5.91 Å². The Morgan fingerprint density at radius 1 is 1.08 bits per heavy atom. The number of carbonyl (C=O) groups excluding carboxylic acids is 1. The predicted octanol–water partition coefficient (Wildman–Crippen LogP) is 4.44. The molecule has 132 valence electrons. The Kier molecular flexibility index (Phi) is 5.34. The van der Waals surface area contributed by atoms with Gasteiger partial charge in [0, 0.05) is 22.5 Å². The summed E-state index contributed by atoms with van der Waals surface area (Å²) in [7, 11) is 1.57. The van der Waals surface area contributed by atoms with E-state index in [4.69, 9.17) is 16.3 Å². The summed E-state index contributed by atoms with van der Waals surface area (Å²) >= 11 is 6.11. The lowest BCUT2D eigenvalue weighted by Gasteiger charge is -2.10. The first-order valence-corrected chi connectivity index (χ1v) is 8.26. The van der Waals surface area contributed by atoms with Gasteiger partial charge in [0.2, 0.25) is 0 Å². The highest BCUT2D eigenvalue weighted by atomic mass is 35.5. The van der Waals surface area contributed by atoms with Gasteiger partial charge in [-0.1, -0.05) is 23.7 Å². The zero-order valence-corrected chi connectivity index (χ0v) is 15.0. The Balaban J connectivity index is 1.70. The van der Waals surface area contributed by atoms with E-state index in [1.165, 1.54) is 0 Å². The van der Waals surface area contributed by atoms with Crippen LogP contribution in [0, 0.1) is 6.92 Å². The zero-order valence-electron chi connectivity index (χ0n) is 14.3. The largest absolute Gasteiger partial charge is 0.497 e. The summed E-state index contributed by atoms with van der Waals surface area (Å²) in [5.74, 6) is 0.829. The lowest BCUT2D eigenvalue weighted by atomic mass is 10.2. The number of halogens is 1. The molecule has 0 aliphatic carbocycles. The molecule has 1 heterocycles. The van der Waals surface area contributed by atoms with Crippen molar-refractivity contribution >= 4 is 34.7 Å². The molecule has 0 radical (unpaired) electrons. The maximum absolute atomic E-state index is 12.3. The SMILES string of the molecule is COc1cccc(NC(=O)c2ccc(Nc3cccc(Cl)c3C)nn2)c1. The third-order valence-corrected chi connectivity index (χ3v) is 4.16. The summed E-state index contributed by atoms with van der Waals surface area (Å²) in [4.78, 5) is 12.3. The number of anilines is 3. The molecule has 0 spiro atoms. The molecule has 0 fully saturated rings. The number of nitrogens with zero attached hydrogens (tertiary/aromatic N) is 2. The minimum absolute atomic E-state index is 0.209.